The van der Waals surface area contributed by atoms with Gasteiger partial charge in [-0.3, -0.25) is 0 Å². The van der Waals surface area contributed by atoms with Crippen LogP contribution in [0.1, 0.15) is 13.8 Å². The van der Waals surface area contributed by atoms with Crippen molar-refractivity contribution < 1.29 is 0 Å². The van der Waals surface area contributed by atoms with E-state index in [-0.39, 0.29) is 0 Å². The molecule has 0 heteroatoms. The first-order valence-electron chi connectivity index (χ1n) is 19.7. The minimum absolute atomic E-state index is 1.21. The van der Waals surface area contributed by atoms with Crippen LogP contribution in [0.25, 0.3) is 99.1 Å². The van der Waals surface area contributed by atoms with Crippen molar-refractivity contribution in [1.82, 2.24) is 0 Å². The van der Waals surface area contributed by atoms with E-state index in [9.17, 15) is 0 Å². The van der Waals surface area contributed by atoms with E-state index in [1.54, 1.807) is 0 Å². The van der Waals surface area contributed by atoms with Crippen molar-refractivity contribution in [1.29, 1.82) is 0 Å². The third kappa shape index (κ3) is 6.57. The SMILES string of the molecule is CC.c1ccc(-c2ccc(-c3ccc(-c4ccc5ccc(-c6c7ccccc7c(-c7cccc(-c8ccccc8)c7)c7ccccc67)cc5c4)cc3)cc2)cc1. The summed E-state index contributed by atoms with van der Waals surface area (Å²) in [6.07, 6.45) is 0. The smallest absolute Gasteiger partial charge is 0.00262 e. The van der Waals surface area contributed by atoms with Crippen LogP contribution in [-0.2, 0) is 0 Å². The van der Waals surface area contributed by atoms with Crippen LogP contribution in [0.2, 0.25) is 0 Å². The maximum absolute atomic E-state index is 2.38. The van der Waals surface area contributed by atoms with E-state index in [0.29, 0.717) is 0 Å². The molecule has 0 unspecified atom stereocenters. The van der Waals surface area contributed by atoms with Crippen molar-refractivity contribution in [3.05, 3.63) is 218 Å². The van der Waals surface area contributed by atoms with E-state index in [0.717, 1.165) is 0 Å². The van der Waals surface area contributed by atoms with E-state index in [1.807, 2.05) is 13.8 Å². The standard InChI is InChI=1S/C54H36.C2H6/c1-3-12-37(13-4-1)39-22-24-40(25-23-39)41-26-28-42(29-27-41)45-32-30-43-31-33-47(36-48(43)35-45)54-51-20-9-7-18-49(51)53(50-19-8-10-21-52(50)54)46-17-11-16-44(34-46)38-14-5-2-6-15-38;1-2/h1-36H;1-2H3. The molecule has 0 heterocycles. The predicted octanol–water partition coefficient (Wildman–Crippen LogP) is 16.2. The lowest BCUT2D eigenvalue weighted by atomic mass is 9.85. The molecule has 0 aliphatic heterocycles. The van der Waals surface area contributed by atoms with Crippen LogP contribution in [0.4, 0.5) is 0 Å². The molecule has 10 aromatic carbocycles. The van der Waals surface area contributed by atoms with Gasteiger partial charge in [0.05, 0.1) is 0 Å². The maximum Gasteiger partial charge on any atom is -0.00262 e. The zero-order valence-corrected chi connectivity index (χ0v) is 31.8. The fourth-order valence-corrected chi connectivity index (χ4v) is 8.16. The first kappa shape index (κ1) is 34.7. The van der Waals surface area contributed by atoms with Gasteiger partial charge >= 0.3 is 0 Å². The highest BCUT2D eigenvalue weighted by molar-refractivity contribution is 6.21. The monoisotopic (exact) mass is 714 g/mol. The Hall–Kier alpha value is -7.02. The van der Waals surface area contributed by atoms with Crippen LogP contribution in [-0.4, -0.2) is 0 Å². The number of hydrogen-bond acceptors (Lipinski definition) is 0. The minimum Gasteiger partial charge on any atom is -0.0683 e. The summed E-state index contributed by atoms with van der Waals surface area (Å²) in [5.74, 6) is 0. The Bertz CT molecular complexity index is 2880. The largest absolute Gasteiger partial charge is 0.0683 e. The second kappa shape index (κ2) is 15.4. The molecule has 56 heavy (non-hydrogen) atoms. The zero-order chi connectivity index (χ0) is 37.8. The molecular formula is C56H42. The molecule has 0 nitrogen and oxygen atoms in total. The Morgan fingerprint density at radius 3 is 0.964 bits per heavy atom. The molecule has 0 fully saturated rings. The topological polar surface area (TPSA) is 0 Å². The molecule has 0 saturated carbocycles. The molecular weight excluding hydrogens is 673 g/mol. The Kier molecular flexibility index (Phi) is 9.54. The van der Waals surface area contributed by atoms with Crippen LogP contribution in [0, 0.1) is 0 Å². The Morgan fingerprint density at radius 2 is 0.482 bits per heavy atom. The molecule has 0 spiro atoms. The van der Waals surface area contributed by atoms with Gasteiger partial charge in [-0.15, -0.1) is 0 Å². The van der Waals surface area contributed by atoms with Crippen molar-refractivity contribution in [3.8, 4) is 66.8 Å². The normalized spacial score (nSPS) is 11.0. The number of benzene rings is 10. The summed E-state index contributed by atoms with van der Waals surface area (Å²) in [5.41, 5.74) is 14.8. The molecule has 10 rings (SSSR count). The quantitative estimate of drug-likeness (QED) is 0.150. The van der Waals surface area contributed by atoms with Crippen LogP contribution >= 0.6 is 0 Å². The first-order chi connectivity index (χ1) is 27.8. The van der Waals surface area contributed by atoms with Gasteiger partial charge in [-0.25, -0.2) is 0 Å². The van der Waals surface area contributed by atoms with E-state index in [1.165, 1.54) is 99.1 Å². The van der Waals surface area contributed by atoms with Crippen molar-refractivity contribution in [2.45, 2.75) is 13.8 Å². The van der Waals surface area contributed by atoms with Gasteiger partial charge in [0.25, 0.3) is 0 Å². The van der Waals surface area contributed by atoms with Gasteiger partial charge in [0.15, 0.2) is 0 Å². The molecule has 0 aromatic heterocycles. The Balaban J connectivity index is 0.00000202. The van der Waals surface area contributed by atoms with Crippen LogP contribution in [0.3, 0.4) is 0 Å². The van der Waals surface area contributed by atoms with Gasteiger partial charge in [0.1, 0.15) is 0 Å². The van der Waals surface area contributed by atoms with Gasteiger partial charge in [0, 0.05) is 0 Å². The van der Waals surface area contributed by atoms with E-state index in [2.05, 4.69) is 218 Å². The molecule has 0 atom stereocenters. The van der Waals surface area contributed by atoms with Crippen molar-refractivity contribution in [2.75, 3.05) is 0 Å². The molecule has 0 bridgehead atoms. The molecule has 0 radical (unpaired) electrons. The summed E-state index contributed by atoms with van der Waals surface area (Å²) >= 11 is 0. The Morgan fingerprint density at radius 1 is 0.196 bits per heavy atom. The maximum atomic E-state index is 2.38. The Labute approximate surface area is 330 Å². The summed E-state index contributed by atoms with van der Waals surface area (Å²) in [5, 5.41) is 7.53. The third-order valence-electron chi connectivity index (χ3n) is 10.9. The molecule has 0 amide bonds. The molecule has 266 valence electrons. The fraction of sp³-hybridized carbons (Fsp3) is 0.0357. The van der Waals surface area contributed by atoms with Gasteiger partial charge in [-0.2, -0.15) is 0 Å². The van der Waals surface area contributed by atoms with Gasteiger partial charge in [0.2, 0.25) is 0 Å². The van der Waals surface area contributed by atoms with Crippen molar-refractivity contribution >= 4 is 32.3 Å². The number of rotatable bonds is 6. The van der Waals surface area contributed by atoms with Crippen molar-refractivity contribution in [2.24, 2.45) is 0 Å². The fourth-order valence-electron chi connectivity index (χ4n) is 8.16. The summed E-state index contributed by atoms with van der Waals surface area (Å²) in [4.78, 5) is 0. The summed E-state index contributed by atoms with van der Waals surface area (Å²) in [6.45, 7) is 4.00. The van der Waals surface area contributed by atoms with E-state index in [4.69, 9.17) is 0 Å². The average molecular weight is 715 g/mol. The third-order valence-corrected chi connectivity index (χ3v) is 10.9. The summed E-state index contributed by atoms with van der Waals surface area (Å²) in [6, 6.07) is 79.7. The van der Waals surface area contributed by atoms with Gasteiger partial charge < -0.3 is 0 Å². The molecule has 0 aliphatic carbocycles. The first-order valence-corrected chi connectivity index (χ1v) is 19.7. The second-order valence-corrected chi connectivity index (χ2v) is 14.1. The molecule has 0 N–H and O–H groups in total. The highest BCUT2D eigenvalue weighted by atomic mass is 14.2. The summed E-state index contributed by atoms with van der Waals surface area (Å²) < 4.78 is 0. The van der Waals surface area contributed by atoms with Gasteiger partial charge in [-0.1, -0.05) is 214 Å². The lowest BCUT2D eigenvalue weighted by molar-refractivity contribution is 1.50. The second-order valence-electron chi connectivity index (χ2n) is 14.1. The highest BCUT2D eigenvalue weighted by Gasteiger charge is 2.17. The minimum atomic E-state index is 1.21. The summed E-state index contributed by atoms with van der Waals surface area (Å²) in [7, 11) is 0. The van der Waals surface area contributed by atoms with Gasteiger partial charge in [-0.05, 0) is 117 Å². The van der Waals surface area contributed by atoms with E-state index < -0.39 is 0 Å². The lowest BCUT2D eigenvalue weighted by Crippen LogP contribution is -1.91. The number of fused-ring (bicyclic) bond motifs is 3. The number of hydrogen-bond donors (Lipinski definition) is 0. The molecule has 10 aromatic rings. The average Bonchev–Trinajstić information content (AvgIpc) is 3.29. The molecule has 0 saturated heterocycles. The zero-order valence-electron chi connectivity index (χ0n) is 31.8. The van der Waals surface area contributed by atoms with Crippen LogP contribution in [0.15, 0.2) is 218 Å². The lowest BCUT2D eigenvalue weighted by Gasteiger charge is -2.18. The van der Waals surface area contributed by atoms with Crippen molar-refractivity contribution in [3.63, 3.8) is 0 Å². The highest BCUT2D eigenvalue weighted by Crippen LogP contribution is 2.45. The van der Waals surface area contributed by atoms with Crippen LogP contribution in [0.5, 0.6) is 0 Å². The molecule has 0 aliphatic rings. The van der Waals surface area contributed by atoms with E-state index >= 15 is 0 Å². The predicted molar refractivity (Wildman–Crippen MR) is 243 cm³/mol. The van der Waals surface area contributed by atoms with Crippen LogP contribution < -0.4 is 0 Å².